The molecule has 1 saturated heterocycles. The molecule has 0 atom stereocenters. The maximum Gasteiger partial charge on any atom is 0.246 e. The molecule has 130 valence electrons. The minimum Gasteiger partial charge on any atom is -0.494 e. The third kappa shape index (κ3) is 5.70. The van der Waals surface area contributed by atoms with Gasteiger partial charge in [0, 0.05) is 32.3 Å². The maximum absolute atomic E-state index is 12.3. The van der Waals surface area contributed by atoms with Gasteiger partial charge in [-0.25, -0.2) is 0 Å². The predicted octanol–water partition coefficient (Wildman–Crippen LogP) is 1.12. The molecule has 0 bridgehead atoms. The summed E-state index contributed by atoms with van der Waals surface area (Å²) in [4.78, 5) is 27.1. The molecule has 1 heterocycles. The van der Waals surface area contributed by atoms with Crippen molar-refractivity contribution in [2.24, 2.45) is 5.73 Å². The largest absolute Gasteiger partial charge is 0.494 e. The molecule has 0 radical (unpaired) electrons. The van der Waals surface area contributed by atoms with Crippen molar-refractivity contribution in [3.05, 3.63) is 35.9 Å². The number of carbonyl (C=O) groups excluding carboxylic acids is 2. The van der Waals surface area contributed by atoms with Crippen molar-refractivity contribution in [3.8, 4) is 5.75 Å². The Bertz CT molecular complexity index is 584. The van der Waals surface area contributed by atoms with Crippen molar-refractivity contribution in [2.75, 3.05) is 39.3 Å². The van der Waals surface area contributed by atoms with Gasteiger partial charge in [-0.2, -0.15) is 0 Å². The summed E-state index contributed by atoms with van der Waals surface area (Å²) in [5.41, 5.74) is 6.18. The molecule has 1 aromatic carbocycles. The van der Waals surface area contributed by atoms with Crippen LogP contribution < -0.4 is 10.5 Å². The van der Waals surface area contributed by atoms with Crippen molar-refractivity contribution >= 4 is 17.9 Å². The van der Waals surface area contributed by atoms with Gasteiger partial charge in [0.25, 0.3) is 0 Å². The monoisotopic (exact) mass is 331 g/mol. The highest BCUT2D eigenvalue weighted by Gasteiger charge is 2.18. The Labute approximate surface area is 142 Å². The van der Waals surface area contributed by atoms with Crippen LogP contribution in [0.15, 0.2) is 30.3 Å². The number of nitrogens with two attached hydrogens (primary N) is 1. The van der Waals surface area contributed by atoms with Crippen molar-refractivity contribution < 1.29 is 14.3 Å². The number of hydrogen-bond donors (Lipinski definition) is 1. The van der Waals surface area contributed by atoms with E-state index in [1.807, 2.05) is 47.1 Å². The van der Waals surface area contributed by atoms with Crippen molar-refractivity contribution in [1.82, 2.24) is 9.80 Å². The molecule has 1 aromatic rings. The first kappa shape index (κ1) is 18.0. The molecular formula is C18H25N3O3. The van der Waals surface area contributed by atoms with E-state index < -0.39 is 0 Å². The molecule has 24 heavy (non-hydrogen) atoms. The fourth-order valence-corrected chi connectivity index (χ4v) is 2.68. The van der Waals surface area contributed by atoms with Crippen LogP contribution in [-0.4, -0.2) is 60.9 Å². The molecule has 0 spiro atoms. The molecule has 1 fully saturated rings. The highest BCUT2D eigenvalue weighted by atomic mass is 16.5. The van der Waals surface area contributed by atoms with Crippen LogP contribution in [0, 0.1) is 0 Å². The second kappa shape index (κ2) is 9.08. The second-order valence-electron chi connectivity index (χ2n) is 5.76. The smallest absolute Gasteiger partial charge is 0.246 e. The molecular weight excluding hydrogens is 306 g/mol. The zero-order valence-corrected chi connectivity index (χ0v) is 14.1. The van der Waals surface area contributed by atoms with Crippen molar-refractivity contribution in [1.29, 1.82) is 0 Å². The van der Waals surface area contributed by atoms with Crippen LogP contribution in [0.1, 0.15) is 18.9 Å². The molecule has 2 N–H and O–H groups in total. The van der Waals surface area contributed by atoms with E-state index in [-0.39, 0.29) is 18.4 Å². The number of nitrogens with zero attached hydrogens (tertiary/aromatic N) is 2. The molecule has 1 aliphatic heterocycles. The zero-order valence-electron chi connectivity index (χ0n) is 14.1. The number of ether oxygens (including phenoxy) is 1. The highest BCUT2D eigenvalue weighted by Crippen LogP contribution is 2.13. The molecule has 0 aromatic heterocycles. The number of primary amides is 1. The van der Waals surface area contributed by atoms with E-state index in [2.05, 4.69) is 0 Å². The van der Waals surface area contributed by atoms with Crippen LogP contribution in [0.3, 0.4) is 0 Å². The standard InChI is InChI=1S/C18H25N3O3/c1-2-24-16-7-4-15(5-8-16)6-9-18(23)21-11-3-10-20(12-13-21)14-17(19)22/h4-9H,2-3,10-14H2,1H3,(H2,19,22). The van der Waals surface area contributed by atoms with Crippen LogP contribution in [-0.2, 0) is 9.59 Å². The molecule has 6 heteroatoms. The van der Waals surface area contributed by atoms with Gasteiger partial charge in [0.05, 0.1) is 13.2 Å². The summed E-state index contributed by atoms with van der Waals surface area (Å²) in [7, 11) is 0. The molecule has 2 amide bonds. The predicted molar refractivity (Wildman–Crippen MR) is 93.5 cm³/mol. The van der Waals surface area contributed by atoms with Crippen molar-refractivity contribution in [2.45, 2.75) is 13.3 Å². The molecule has 2 rings (SSSR count). The van der Waals surface area contributed by atoms with Crippen molar-refractivity contribution in [3.63, 3.8) is 0 Å². The van der Waals surface area contributed by atoms with Gasteiger partial charge in [-0.3, -0.25) is 14.5 Å². The maximum atomic E-state index is 12.3. The van der Waals surface area contributed by atoms with Gasteiger partial charge in [-0.05, 0) is 37.1 Å². The first-order valence-electron chi connectivity index (χ1n) is 8.29. The van der Waals surface area contributed by atoms with E-state index in [4.69, 9.17) is 10.5 Å². The Balaban J connectivity index is 1.88. The fourth-order valence-electron chi connectivity index (χ4n) is 2.68. The minimum atomic E-state index is -0.329. The third-order valence-corrected chi connectivity index (χ3v) is 3.89. The van der Waals surface area contributed by atoms with E-state index in [0.717, 1.165) is 24.3 Å². The van der Waals surface area contributed by atoms with Gasteiger partial charge < -0.3 is 15.4 Å². The quantitative estimate of drug-likeness (QED) is 0.793. The van der Waals surface area contributed by atoms with Crippen LogP contribution in [0.2, 0.25) is 0 Å². The number of amides is 2. The normalized spacial score (nSPS) is 16.1. The summed E-state index contributed by atoms with van der Waals surface area (Å²) < 4.78 is 5.40. The van der Waals surface area contributed by atoms with E-state index in [0.29, 0.717) is 26.2 Å². The first-order valence-corrected chi connectivity index (χ1v) is 8.29. The van der Waals surface area contributed by atoms with Gasteiger partial charge in [0.2, 0.25) is 11.8 Å². The average Bonchev–Trinajstić information content (AvgIpc) is 2.79. The Hall–Kier alpha value is -2.34. The van der Waals surface area contributed by atoms with Gasteiger partial charge >= 0.3 is 0 Å². The van der Waals surface area contributed by atoms with Gasteiger partial charge in [0.1, 0.15) is 5.75 Å². The fraction of sp³-hybridized carbons (Fsp3) is 0.444. The number of hydrogen-bond acceptors (Lipinski definition) is 4. The first-order chi connectivity index (χ1) is 11.6. The molecule has 0 saturated carbocycles. The van der Waals surface area contributed by atoms with E-state index >= 15 is 0 Å². The van der Waals surface area contributed by atoms with Crippen LogP contribution in [0.25, 0.3) is 6.08 Å². The number of carbonyl (C=O) groups is 2. The summed E-state index contributed by atoms with van der Waals surface area (Å²) in [5, 5.41) is 0. The van der Waals surface area contributed by atoms with E-state index in [1.165, 1.54) is 0 Å². The lowest BCUT2D eigenvalue weighted by molar-refractivity contribution is -0.125. The minimum absolute atomic E-state index is 0.00944. The Morgan fingerprint density at radius 1 is 1.17 bits per heavy atom. The molecule has 0 unspecified atom stereocenters. The lowest BCUT2D eigenvalue weighted by Crippen LogP contribution is -2.37. The average molecular weight is 331 g/mol. The summed E-state index contributed by atoms with van der Waals surface area (Å²) in [6, 6.07) is 7.63. The Morgan fingerprint density at radius 3 is 2.58 bits per heavy atom. The van der Waals surface area contributed by atoms with E-state index in [9.17, 15) is 9.59 Å². The number of rotatable bonds is 6. The molecule has 6 nitrogen and oxygen atoms in total. The van der Waals surface area contributed by atoms with Gasteiger partial charge in [0.15, 0.2) is 0 Å². The Kier molecular flexibility index (Phi) is 6.81. The van der Waals surface area contributed by atoms with Gasteiger partial charge in [-0.1, -0.05) is 12.1 Å². The molecule has 0 aliphatic carbocycles. The van der Waals surface area contributed by atoms with E-state index in [1.54, 1.807) is 6.08 Å². The van der Waals surface area contributed by atoms with Crippen LogP contribution >= 0.6 is 0 Å². The SMILES string of the molecule is CCOc1ccc(C=CC(=O)N2CCCN(CC(N)=O)CC2)cc1. The summed E-state index contributed by atoms with van der Waals surface area (Å²) in [6.07, 6.45) is 4.25. The lowest BCUT2D eigenvalue weighted by Gasteiger charge is -2.19. The number of benzene rings is 1. The third-order valence-electron chi connectivity index (χ3n) is 3.89. The summed E-state index contributed by atoms with van der Waals surface area (Å²) >= 11 is 0. The molecule has 1 aliphatic rings. The second-order valence-corrected chi connectivity index (χ2v) is 5.76. The van der Waals surface area contributed by atoms with Crippen LogP contribution in [0.4, 0.5) is 0 Å². The lowest BCUT2D eigenvalue weighted by atomic mass is 10.2. The summed E-state index contributed by atoms with van der Waals surface area (Å²) in [6.45, 7) is 5.60. The topological polar surface area (TPSA) is 75.9 Å². The Morgan fingerprint density at radius 2 is 1.92 bits per heavy atom. The zero-order chi connectivity index (χ0) is 17.4. The summed E-state index contributed by atoms with van der Waals surface area (Å²) in [5.74, 6) is 0.484. The highest BCUT2D eigenvalue weighted by molar-refractivity contribution is 5.91. The van der Waals surface area contributed by atoms with Gasteiger partial charge in [-0.15, -0.1) is 0 Å². The van der Waals surface area contributed by atoms with Crippen LogP contribution in [0.5, 0.6) is 5.75 Å².